The zero-order valence-corrected chi connectivity index (χ0v) is 23.1. The van der Waals surface area contributed by atoms with Crippen LogP contribution < -0.4 is 9.62 Å². The Hall–Kier alpha value is -3.07. The SMILES string of the molecule is CC[C@H](C(=O)NC)N(Cc1ccc(Cl)cc1)C(=O)CN(c1ccc(Cl)cc1)S(=O)(=O)c1ccc(C)cc1. The summed E-state index contributed by atoms with van der Waals surface area (Å²) < 4.78 is 28.5. The highest BCUT2D eigenvalue weighted by Crippen LogP contribution is 2.26. The molecule has 0 radical (unpaired) electrons. The van der Waals surface area contributed by atoms with E-state index in [4.69, 9.17) is 23.2 Å². The van der Waals surface area contributed by atoms with Crippen LogP contribution in [0, 0.1) is 6.92 Å². The third-order valence-corrected chi connectivity index (χ3v) is 8.19. The van der Waals surface area contributed by atoms with E-state index >= 15 is 0 Å². The Morgan fingerprint density at radius 1 is 0.892 bits per heavy atom. The lowest BCUT2D eigenvalue weighted by atomic mass is 10.1. The maximum atomic E-state index is 13.8. The molecule has 0 aromatic heterocycles. The van der Waals surface area contributed by atoms with Crippen molar-refractivity contribution >= 4 is 50.7 Å². The van der Waals surface area contributed by atoms with Gasteiger partial charge in [0, 0.05) is 23.6 Å². The molecule has 0 aliphatic rings. The third kappa shape index (κ3) is 7.03. The highest BCUT2D eigenvalue weighted by molar-refractivity contribution is 7.92. The van der Waals surface area contributed by atoms with Crippen LogP contribution in [-0.2, 0) is 26.2 Å². The second-order valence-corrected chi connectivity index (χ2v) is 11.2. The maximum absolute atomic E-state index is 13.8. The van der Waals surface area contributed by atoms with E-state index in [0.717, 1.165) is 15.4 Å². The standard InChI is InChI=1S/C27H29Cl2N3O4S/c1-4-25(27(34)30-3)31(17-20-7-9-21(28)10-8-20)26(33)18-32(23-13-11-22(29)12-14-23)37(35,36)24-15-5-19(2)6-16-24/h5-16,25H,4,17-18H2,1-3H3,(H,30,34)/t25-/m1/s1. The number of nitrogens with zero attached hydrogens (tertiary/aromatic N) is 2. The molecule has 0 fully saturated rings. The predicted molar refractivity (Wildman–Crippen MR) is 147 cm³/mol. The van der Waals surface area contributed by atoms with Gasteiger partial charge in [0.15, 0.2) is 0 Å². The number of carbonyl (C=O) groups is 2. The smallest absolute Gasteiger partial charge is 0.264 e. The van der Waals surface area contributed by atoms with E-state index in [-0.39, 0.29) is 23.0 Å². The number of carbonyl (C=O) groups excluding carboxylic acids is 2. The summed E-state index contributed by atoms with van der Waals surface area (Å²) in [5.74, 6) is -0.875. The molecule has 0 spiro atoms. The summed E-state index contributed by atoms with van der Waals surface area (Å²) in [6, 6.07) is 18.7. The molecule has 3 rings (SSSR count). The number of benzene rings is 3. The average molecular weight is 563 g/mol. The molecule has 37 heavy (non-hydrogen) atoms. The van der Waals surface area contributed by atoms with Crippen molar-refractivity contribution in [1.29, 1.82) is 0 Å². The summed E-state index contributed by atoms with van der Waals surface area (Å²) in [5, 5.41) is 3.57. The molecule has 0 unspecified atom stereocenters. The molecule has 0 bridgehead atoms. The van der Waals surface area contributed by atoms with Gasteiger partial charge in [-0.05, 0) is 67.4 Å². The Morgan fingerprint density at radius 3 is 1.95 bits per heavy atom. The fraction of sp³-hybridized carbons (Fsp3) is 0.259. The van der Waals surface area contributed by atoms with Gasteiger partial charge in [-0.25, -0.2) is 8.42 Å². The van der Waals surface area contributed by atoms with Crippen molar-refractivity contribution in [3.8, 4) is 0 Å². The number of hydrogen-bond acceptors (Lipinski definition) is 4. The Bertz CT molecular complexity index is 1330. The van der Waals surface area contributed by atoms with Crippen molar-refractivity contribution in [2.75, 3.05) is 17.9 Å². The van der Waals surface area contributed by atoms with Gasteiger partial charge in [0.05, 0.1) is 10.6 Å². The predicted octanol–water partition coefficient (Wildman–Crippen LogP) is 5.05. The van der Waals surface area contributed by atoms with Crippen LogP contribution in [0.5, 0.6) is 0 Å². The first-order valence-corrected chi connectivity index (χ1v) is 13.9. The van der Waals surface area contributed by atoms with E-state index < -0.39 is 28.5 Å². The number of amides is 2. The molecule has 0 saturated heterocycles. The molecule has 1 N–H and O–H groups in total. The van der Waals surface area contributed by atoms with Crippen LogP contribution in [0.2, 0.25) is 10.0 Å². The Labute approximate surface area is 228 Å². The number of likely N-dealkylation sites (N-methyl/N-ethyl adjacent to an activating group) is 1. The average Bonchev–Trinajstić information content (AvgIpc) is 2.88. The lowest BCUT2D eigenvalue weighted by molar-refractivity contribution is -0.140. The molecule has 3 aromatic rings. The molecule has 0 aliphatic carbocycles. The zero-order chi connectivity index (χ0) is 27.2. The van der Waals surface area contributed by atoms with Crippen LogP contribution in [0.4, 0.5) is 5.69 Å². The Balaban J connectivity index is 2.04. The van der Waals surface area contributed by atoms with Crippen molar-refractivity contribution in [1.82, 2.24) is 10.2 Å². The molecule has 10 heteroatoms. The fourth-order valence-electron chi connectivity index (χ4n) is 3.85. The van der Waals surface area contributed by atoms with Gasteiger partial charge in [-0.15, -0.1) is 0 Å². The molecule has 3 aromatic carbocycles. The minimum Gasteiger partial charge on any atom is -0.357 e. The maximum Gasteiger partial charge on any atom is 0.264 e. The highest BCUT2D eigenvalue weighted by atomic mass is 35.5. The van der Waals surface area contributed by atoms with Gasteiger partial charge in [0.2, 0.25) is 11.8 Å². The minimum atomic E-state index is -4.12. The molecule has 196 valence electrons. The van der Waals surface area contributed by atoms with Crippen LogP contribution in [0.15, 0.2) is 77.7 Å². The van der Waals surface area contributed by atoms with Gasteiger partial charge >= 0.3 is 0 Å². The molecular formula is C27H29Cl2N3O4S. The number of anilines is 1. The molecule has 0 aliphatic heterocycles. The summed E-state index contributed by atoms with van der Waals surface area (Å²) in [6.45, 7) is 3.23. The minimum absolute atomic E-state index is 0.0449. The van der Waals surface area contributed by atoms with E-state index in [1.165, 1.54) is 24.1 Å². The van der Waals surface area contributed by atoms with E-state index in [1.54, 1.807) is 67.6 Å². The number of nitrogens with one attached hydrogen (secondary N) is 1. The van der Waals surface area contributed by atoms with Gasteiger partial charge in [-0.2, -0.15) is 0 Å². The summed E-state index contributed by atoms with van der Waals surface area (Å²) >= 11 is 12.0. The van der Waals surface area contributed by atoms with Crippen LogP contribution in [0.25, 0.3) is 0 Å². The molecule has 7 nitrogen and oxygen atoms in total. The van der Waals surface area contributed by atoms with Crippen molar-refractivity contribution in [2.45, 2.75) is 37.8 Å². The molecule has 1 atom stereocenters. The normalized spacial score (nSPS) is 12.0. The van der Waals surface area contributed by atoms with Crippen molar-refractivity contribution in [3.63, 3.8) is 0 Å². The summed E-state index contributed by atoms with van der Waals surface area (Å²) in [4.78, 5) is 28.0. The van der Waals surface area contributed by atoms with Crippen molar-refractivity contribution < 1.29 is 18.0 Å². The van der Waals surface area contributed by atoms with E-state index in [2.05, 4.69) is 5.32 Å². The zero-order valence-electron chi connectivity index (χ0n) is 20.8. The number of rotatable bonds is 10. The van der Waals surface area contributed by atoms with E-state index in [1.807, 2.05) is 6.92 Å². The third-order valence-electron chi connectivity index (χ3n) is 5.90. The topological polar surface area (TPSA) is 86.8 Å². The number of aryl methyl sites for hydroxylation is 1. The first-order chi connectivity index (χ1) is 17.6. The second kappa shape index (κ2) is 12.4. The van der Waals surface area contributed by atoms with Crippen LogP contribution in [0.1, 0.15) is 24.5 Å². The van der Waals surface area contributed by atoms with Crippen LogP contribution >= 0.6 is 23.2 Å². The fourth-order valence-corrected chi connectivity index (χ4v) is 5.51. The molecule has 2 amide bonds. The van der Waals surface area contributed by atoms with Gasteiger partial charge in [-0.3, -0.25) is 13.9 Å². The van der Waals surface area contributed by atoms with E-state index in [9.17, 15) is 18.0 Å². The highest BCUT2D eigenvalue weighted by Gasteiger charge is 2.33. The number of halogens is 2. The second-order valence-electron chi connectivity index (χ2n) is 8.49. The van der Waals surface area contributed by atoms with Crippen LogP contribution in [0.3, 0.4) is 0 Å². The van der Waals surface area contributed by atoms with Gasteiger partial charge < -0.3 is 10.2 Å². The lowest BCUT2D eigenvalue weighted by Crippen LogP contribution is -2.51. The summed E-state index contributed by atoms with van der Waals surface area (Å²) in [7, 11) is -2.63. The first kappa shape index (κ1) is 28.5. The van der Waals surface area contributed by atoms with E-state index in [0.29, 0.717) is 16.5 Å². The summed E-state index contributed by atoms with van der Waals surface area (Å²) in [6.07, 6.45) is 0.338. The lowest BCUT2D eigenvalue weighted by Gasteiger charge is -2.33. The monoisotopic (exact) mass is 561 g/mol. The van der Waals surface area contributed by atoms with Crippen molar-refractivity contribution in [2.24, 2.45) is 0 Å². The largest absolute Gasteiger partial charge is 0.357 e. The molecule has 0 saturated carbocycles. The van der Waals surface area contributed by atoms with Gasteiger partial charge in [0.25, 0.3) is 10.0 Å². The molecule has 0 heterocycles. The number of sulfonamides is 1. The Morgan fingerprint density at radius 2 is 1.43 bits per heavy atom. The van der Waals surface area contributed by atoms with Gasteiger partial charge in [-0.1, -0.05) is 60.0 Å². The quantitative estimate of drug-likeness (QED) is 0.375. The van der Waals surface area contributed by atoms with Gasteiger partial charge in [0.1, 0.15) is 12.6 Å². The Kier molecular flexibility index (Phi) is 9.59. The number of hydrogen-bond donors (Lipinski definition) is 1. The van der Waals surface area contributed by atoms with Crippen LogP contribution in [-0.4, -0.2) is 44.8 Å². The van der Waals surface area contributed by atoms with Crippen molar-refractivity contribution in [3.05, 3.63) is 94.0 Å². The summed E-state index contributed by atoms with van der Waals surface area (Å²) in [5.41, 5.74) is 1.93. The molecular weight excluding hydrogens is 533 g/mol. The first-order valence-electron chi connectivity index (χ1n) is 11.7.